The Kier molecular flexibility index (Phi) is 7.92. The topological polar surface area (TPSA) is 78.5 Å². The first-order valence-electron chi connectivity index (χ1n) is 11.7. The highest BCUT2D eigenvalue weighted by molar-refractivity contribution is 7.12. The van der Waals surface area contributed by atoms with Crippen molar-refractivity contribution in [3.8, 4) is 0 Å². The van der Waals surface area contributed by atoms with E-state index in [0.717, 1.165) is 31.2 Å². The zero-order valence-corrected chi connectivity index (χ0v) is 20.3. The molecule has 1 saturated carbocycles. The second-order valence-electron chi connectivity index (χ2n) is 8.65. The van der Waals surface area contributed by atoms with Crippen LogP contribution in [-0.2, 0) is 9.59 Å². The number of carbonyl (C=O) groups is 3. The Morgan fingerprint density at radius 2 is 1.83 bits per heavy atom. The fraction of sp³-hybridized carbons (Fsp3) is 0.296. The van der Waals surface area contributed by atoms with Crippen molar-refractivity contribution in [1.82, 2.24) is 10.6 Å². The normalized spacial score (nSPS) is 14.3. The predicted molar refractivity (Wildman–Crippen MR) is 135 cm³/mol. The van der Waals surface area contributed by atoms with Gasteiger partial charge in [-0.15, -0.1) is 11.3 Å². The first-order valence-corrected chi connectivity index (χ1v) is 12.6. The van der Waals surface area contributed by atoms with E-state index in [-0.39, 0.29) is 30.1 Å². The van der Waals surface area contributed by atoms with Gasteiger partial charge in [-0.05, 0) is 60.5 Å². The summed E-state index contributed by atoms with van der Waals surface area (Å²) in [5.41, 5.74) is 1.72. The summed E-state index contributed by atoms with van der Waals surface area (Å²) >= 11 is 1.27. The van der Waals surface area contributed by atoms with E-state index in [2.05, 4.69) is 10.6 Å². The molecule has 182 valence electrons. The van der Waals surface area contributed by atoms with Crippen LogP contribution in [0.25, 0.3) is 0 Å². The molecule has 1 aliphatic carbocycles. The van der Waals surface area contributed by atoms with Gasteiger partial charge in [-0.3, -0.25) is 19.3 Å². The molecule has 0 saturated heterocycles. The molecule has 2 N–H and O–H groups in total. The molecule has 35 heavy (non-hydrogen) atoms. The lowest BCUT2D eigenvalue weighted by molar-refractivity contribution is -0.126. The van der Waals surface area contributed by atoms with Gasteiger partial charge in [0.1, 0.15) is 11.9 Å². The molecule has 1 aliphatic rings. The number of nitrogens with one attached hydrogen (secondary N) is 2. The number of rotatable bonds is 8. The third-order valence-electron chi connectivity index (χ3n) is 6.19. The number of carbonyl (C=O) groups excluding carboxylic acids is 3. The summed E-state index contributed by atoms with van der Waals surface area (Å²) in [5.74, 6) is -1.75. The number of amides is 3. The van der Waals surface area contributed by atoms with Gasteiger partial charge in [0.15, 0.2) is 0 Å². The highest BCUT2D eigenvalue weighted by atomic mass is 32.1. The molecule has 0 bridgehead atoms. The van der Waals surface area contributed by atoms with Crippen molar-refractivity contribution in [3.63, 3.8) is 0 Å². The SMILES string of the molecule is Cc1ccccc1C(C(=O)NC1CCCC1)N(C(=O)CNC(=O)c1cccs1)c1cccc(F)c1. The van der Waals surface area contributed by atoms with Crippen LogP contribution < -0.4 is 15.5 Å². The van der Waals surface area contributed by atoms with Gasteiger partial charge in [0.25, 0.3) is 5.91 Å². The molecule has 8 heteroatoms. The van der Waals surface area contributed by atoms with E-state index in [9.17, 15) is 18.8 Å². The number of hydrogen-bond acceptors (Lipinski definition) is 4. The molecule has 6 nitrogen and oxygen atoms in total. The Labute approximate surface area is 208 Å². The van der Waals surface area contributed by atoms with E-state index in [1.807, 2.05) is 25.1 Å². The van der Waals surface area contributed by atoms with Crippen molar-refractivity contribution < 1.29 is 18.8 Å². The van der Waals surface area contributed by atoms with E-state index in [1.54, 1.807) is 29.6 Å². The standard InChI is InChI=1S/C27H28FN3O3S/c1-18-8-2-5-13-22(18)25(27(34)30-20-10-3-4-11-20)31(21-12-6-9-19(28)16-21)24(32)17-29-26(33)23-14-7-15-35-23/h2,5-9,12-16,20,25H,3-4,10-11,17H2,1H3,(H,29,33)(H,30,34). The van der Waals surface area contributed by atoms with Crippen LogP contribution in [0.2, 0.25) is 0 Å². The highest BCUT2D eigenvalue weighted by Crippen LogP contribution is 2.31. The minimum Gasteiger partial charge on any atom is -0.351 e. The molecule has 0 radical (unpaired) electrons. The maximum atomic E-state index is 14.3. The Morgan fingerprint density at radius 3 is 2.51 bits per heavy atom. The average Bonchev–Trinajstić information content (AvgIpc) is 3.56. The van der Waals surface area contributed by atoms with Gasteiger partial charge in [0, 0.05) is 11.7 Å². The molecule has 3 aromatic rings. The van der Waals surface area contributed by atoms with Crippen LogP contribution in [0.5, 0.6) is 0 Å². The molecule has 1 aromatic heterocycles. The van der Waals surface area contributed by atoms with Gasteiger partial charge >= 0.3 is 0 Å². The molecule has 0 spiro atoms. The lowest BCUT2D eigenvalue weighted by Crippen LogP contribution is -2.49. The molecule has 2 aromatic carbocycles. The summed E-state index contributed by atoms with van der Waals surface area (Å²) in [5, 5.41) is 7.51. The van der Waals surface area contributed by atoms with Crippen LogP contribution in [0.4, 0.5) is 10.1 Å². The fourth-order valence-electron chi connectivity index (χ4n) is 4.44. The molecule has 1 unspecified atom stereocenters. The first-order chi connectivity index (χ1) is 16.9. The summed E-state index contributed by atoms with van der Waals surface area (Å²) in [4.78, 5) is 41.5. The van der Waals surface area contributed by atoms with Crippen LogP contribution in [0.15, 0.2) is 66.0 Å². The van der Waals surface area contributed by atoms with Crippen molar-refractivity contribution in [2.45, 2.75) is 44.7 Å². The summed E-state index contributed by atoms with van der Waals surface area (Å²) in [6, 6.07) is 15.4. The van der Waals surface area contributed by atoms with Crippen LogP contribution >= 0.6 is 11.3 Å². The molecule has 1 heterocycles. The Balaban J connectivity index is 1.70. The molecular weight excluding hydrogens is 465 g/mol. The quantitative estimate of drug-likeness (QED) is 0.475. The van der Waals surface area contributed by atoms with Crippen molar-refractivity contribution in [3.05, 3.63) is 87.9 Å². The predicted octanol–water partition coefficient (Wildman–Crippen LogP) is 4.76. The first kappa shape index (κ1) is 24.6. The molecule has 1 fully saturated rings. The van der Waals surface area contributed by atoms with Crippen LogP contribution in [0.3, 0.4) is 0 Å². The zero-order valence-electron chi connectivity index (χ0n) is 19.5. The van der Waals surface area contributed by atoms with Crippen molar-refractivity contribution >= 4 is 34.7 Å². The summed E-state index contributed by atoms with van der Waals surface area (Å²) < 4.78 is 14.3. The van der Waals surface area contributed by atoms with E-state index >= 15 is 0 Å². The van der Waals surface area contributed by atoms with E-state index < -0.39 is 17.8 Å². The smallest absolute Gasteiger partial charge is 0.261 e. The largest absolute Gasteiger partial charge is 0.351 e. The summed E-state index contributed by atoms with van der Waals surface area (Å²) in [6.07, 6.45) is 3.86. The minimum atomic E-state index is -1.02. The molecule has 4 rings (SSSR count). The van der Waals surface area contributed by atoms with Gasteiger partial charge in [-0.1, -0.05) is 49.2 Å². The van der Waals surface area contributed by atoms with Crippen LogP contribution in [0, 0.1) is 12.7 Å². The van der Waals surface area contributed by atoms with Gasteiger partial charge in [-0.25, -0.2) is 4.39 Å². The summed E-state index contributed by atoms with van der Waals surface area (Å²) in [6.45, 7) is 1.53. The Bertz CT molecular complexity index is 1190. The maximum Gasteiger partial charge on any atom is 0.261 e. The van der Waals surface area contributed by atoms with Crippen LogP contribution in [0.1, 0.15) is 52.5 Å². The van der Waals surface area contributed by atoms with Gasteiger partial charge in [0.2, 0.25) is 11.8 Å². The average molecular weight is 494 g/mol. The molecule has 1 atom stereocenters. The van der Waals surface area contributed by atoms with Gasteiger partial charge < -0.3 is 10.6 Å². The number of nitrogens with zero attached hydrogens (tertiary/aromatic N) is 1. The number of anilines is 1. The molecule has 3 amide bonds. The monoisotopic (exact) mass is 493 g/mol. The molecular formula is C27H28FN3O3S. The maximum absolute atomic E-state index is 14.3. The van der Waals surface area contributed by atoms with Gasteiger partial charge in [-0.2, -0.15) is 0 Å². The Hall–Kier alpha value is -3.52. The van der Waals surface area contributed by atoms with E-state index in [0.29, 0.717) is 10.4 Å². The lowest BCUT2D eigenvalue weighted by atomic mass is 9.97. The number of hydrogen-bond donors (Lipinski definition) is 2. The van der Waals surface area contributed by atoms with E-state index in [1.165, 1.54) is 34.4 Å². The third kappa shape index (κ3) is 5.95. The fourth-order valence-corrected chi connectivity index (χ4v) is 5.08. The second-order valence-corrected chi connectivity index (χ2v) is 9.60. The molecule has 0 aliphatic heterocycles. The zero-order chi connectivity index (χ0) is 24.8. The van der Waals surface area contributed by atoms with Crippen LogP contribution in [-0.4, -0.2) is 30.3 Å². The lowest BCUT2D eigenvalue weighted by Gasteiger charge is -2.33. The number of halogens is 1. The Morgan fingerprint density at radius 1 is 1.06 bits per heavy atom. The third-order valence-corrected chi connectivity index (χ3v) is 7.06. The minimum absolute atomic E-state index is 0.0389. The van der Waals surface area contributed by atoms with Crippen molar-refractivity contribution in [1.29, 1.82) is 0 Å². The van der Waals surface area contributed by atoms with Crippen molar-refractivity contribution in [2.24, 2.45) is 0 Å². The number of thiophene rings is 1. The van der Waals surface area contributed by atoms with E-state index in [4.69, 9.17) is 0 Å². The second kappa shape index (κ2) is 11.3. The van der Waals surface area contributed by atoms with Crippen molar-refractivity contribution in [2.75, 3.05) is 11.4 Å². The highest BCUT2D eigenvalue weighted by Gasteiger charge is 2.35. The summed E-state index contributed by atoms with van der Waals surface area (Å²) in [7, 11) is 0. The number of benzene rings is 2. The van der Waals surface area contributed by atoms with Gasteiger partial charge in [0.05, 0.1) is 11.4 Å². The number of aryl methyl sites for hydroxylation is 1.